The summed E-state index contributed by atoms with van der Waals surface area (Å²) in [6, 6.07) is 5.80. The number of ether oxygens (including phenoxy) is 1. The predicted octanol–water partition coefficient (Wildman–Crippen LogP) is 3.69. The van der Waals surface area contributed by atoms with Gasteiger partial charge < -0.3 is 15.2 Å². The summed E-state index contributed by atoms with van der Waals surface area (Å²) in [7, 11) is -3.20. The number of methoxy groups -OCH3 is 1. The number of carboxylic acid groups (broad SMARTS) is 1. The van der Waals surface area contributed by atoms with Gasteiger partial charge in [0.2, 0.25) is 11.8 Å². The number of nitrogens with zero attached hydrogens (tertiary/aromatic N) is 3. The normalized spacial score (nSPS) is 12.9. The fourth-order valence-electron chi connectivity index (χ4n) is 3.34. The SMILES string of the molecule is COc1cccc(S(=O)(=O)n2cc(CC(NC(=O)O)C(C)(C)C)c(F)c2-c2cccnc2F)n1. The third-order valence-corrected chi connectivity index (χ3v) is 6.76. The second-order valence-electron chi connectivity index (χ2n) is 8.55. The van der Waals surface area contributed by atoms with E-state index in [1.807, 2.05) is 0 Å². The van der Waals surface area contributed by atoms with Crippen molar-refractivity contribution in [1.29, 1.82) is 0 Å². The Balaban J connectivity index is 2.25. The van der Waals surface area contributed by atoms with E-state index in [0.717, 1.165) is 12.4 Å². The molecule has 0 aliphatic heterocycles. The first-order chi connectivity index (χ1) is 15.9. The Morgan fingerprint density at radius 1 is 1.24 bits per heavy atom. The van der Waals surface area contributed by atoms with Gasteiger partial charge >= 0.3 is 6.09 Å². The van der Waals surface area contributed by atoms with E-state index in [1.54, 1.807) is 20.8 Å². The van der Waals surface area contributed by atoms with E-state index in [1.165, 1.54) is 37.4 Å². The quantitative estimate of drug-likeness (QED) is 0.480. The summed E-state index contributed by atoms with van der Waals surface area (Å²) in [5, 5.41) is 11.1. The average Bonchev–Trinajstić information content (AvgIpc) is 3.09. The van der Waals surface area contributed by atoms with E-state index in [2.05, 4.69) is 15.3 Å². The summed E-state index contributed by atoms with van der Waals surface area (Å²) in [5.41, 5.74) is -1.72. The van der Waals surface area contributed by atoms with Crippen molar-refractivity contribution >= 4 is 16.1 Å². The summed E-state index contributed by atoms with van der Waals surface area (Å²) >= 11 is 0. The standard InChI is InChI=1S/C22H24F2N4O5S/c1-22(2,3)15(26-21(29)30)11-13-12-28(19(18(13)23)14-7-6-10-25-20(14)24)34(31,32)17-9-5-8-16(27-17)33-4/h5-10,12,15,26H,11H2,1-4H3,(H,29,30). The molecule has 3 aromatic heterocycles. The minimum absolute atomic E-state index is 0.0153. The van der Waals surface area contributed by atoms with Crippen LogP contribution in [0.25, 0.3) is 11.3 Å². The highest BCUT2D eigenvalue weighted by Gasteiger charge is 2.33. The smallest absolute Gasteiger partial charge is 0.404 e. The van der Waals surface area contributed by atoms with Crippen LogP contribution in [0.2, 0.25) is 0 Å². The van der Waals surface area contributed by atoms with Crippen molar-refractivity contribution in [3.63, 3.8) is 0 Å². The maximum Gasteiger partial charge on any atom is 0.404 e. The third-order valence-electron chi connectivity index (χ3n) is 5.20. The molecule has 0 aliphatic rings. The molecule has 34 heavy (non-hydrogen) atoms. The summed E-state index contributed by atoms with van der Waals surface area (Å²) in [4.78, 5) is 18.7. The number of amides is 1. The zero-order valence-electron chi connectivity index (χ0n) is 18.9. The van der Waals surface area contributed by atoms with Crippen LogP contribution in [0.5, 0.6) is 5.88 Å². The van der Waals surface area contributed by atoms with Crippen LogP contribution >= 0.6 is 0 Å². The lowest BCUT2D eigenvalue weighted by atomic mass is 9.83. The van der Waals surface area contributed by atoms with Gasteiger partial charge in [-0.1, -0.05) is 26.8 Å². The minimum Gasteiger partial charge on any atom is -0.481 e. The Morgan fingerprint density at radius 3 is 2.53 bits per heavy atom. The molecule has 9 nitrogen and oxygen atoms in total. The number of hydrogen-bond acceptors (Lipinski definition) is 6. The first-order valence-electron chi connectivity index (χ1n) is 10.1. The molecule has 0 spiro atoms. The molecule has 3 rings (SSSR count). The van der Waals surface area contributed by atoms with Crippen LogP contribution < -0.4 is 10.1 Å². The number of nitrogens with one attached hydrogen (secondary N) is 1. The van der Waals surface area contributed by atoms with E-state index in [4.69, 9.17) is 4.74 Å². The molecular formula is C22H24F2N4O5S. The minimum atomic E-state index is -4.51. The lowest BCUT2D eigenvalue weighted by Gasteiger charge is -2.30. The van der Waals surface area contributed by atoms with Gasteiger partial charge in [0.05, 0.1) is 12.7 Å². The molecule has 1 amide bonds. The summed E-state index contributed by atoms with van der Waals surface area (Å²) in [5.74, 6) is -2.07. The zero-order valence-corrected chi connectivity index (χ0v) is 19.7. The largest absolute Gasteiger partial charge is 0.481 e. The van der Waals surface area contributed by atoms with E-state index in [0.29, 0.717) is 3.97 Å². The van der Waals surface area contributed by atoms with Crippen molar-refractivity contribution in [2.45, 2.75) is 38.3 Å². The molecule has 3 heterocycles. The van der Waals surface area contributed by atoms with Gasteiger partial charge in [-0.25, -0.2) is 18.1 Å². The van der Waals surface area contributed by atoms with E-state index in [-0.39, 0.29) is 23.4 Å². The van der Waals surface area contributed by atoms with Gasteiger partial charge in [0, 0.05) is 30.1 Å². The van der Waals surface area contributed by atoms with E-state index in [9.17, 15) is 22.7 Å². The maximum absolute atomic E-state index is 15.7. The second-order valence-corrected chi connectivity index (χ2v) is 10.3. The van der Waals surface area contributed by atoms with Crippen LogP contribution in [-0.2, 0) is 16.4 Å². The van der Waals surface area contributed by atoms with Gasteiger partial charge in [0.25, 0.3) is 10.0 Å². The van der Waals surface area contributed by atoms with E-state index >= 15 is 4.39 Å². The average molecular weight is 495 g/mol. The predicted molar refractivity (Wildman–Crippen MR) is 119 cm³/mol. The van der Waals surface area contributed by atoms with Crippen molar-refractivity contribution in [1.82, 2.24) is 19.3 Å². The van der Waals surface area contributed by atoms with Crippen molar-refractivity contribution in [2.75, 3.05) is 7.11 Å². The Labute approximate surface area is 195 Å². The zero-order chi connectivity index (χ0) is 25.3. The molecule has 0 saturated carbocycles. The molecule has 0 fully saturated rings. The van der Waals surface area contributed by atoms with Crippen LogP contribution in [-0.4, -0.2) is 46.7 Å². The Kier molecular flexibility index (Phi) is 6.92. The lowest BCUT2D eigenvalue weighted by molar-refractivity contribution is 0.174. The van der Waals surface area contributed by atoms with Crippen LogP contribution in [0, 0.1) is 17.2 Å². The highest BCUT2D eigenvalue weighted by atomic mass is 32.2. The van der Waals surface area contributed by atoms with Crippen LogP contribution in [0.3, 0.4) is 0 Å². The van der Waals surface area contributed by atoms with Gasteiger partial charge in [-0.15, -0.1) is 0 Å². The van der Waals surface area contributed by atoms with Crippen LogP contribution in [0.15, 0.2) is 47.8 Å². The summed E-state index contributed by atoms with van der Waals surface area (Å²) in [6.07, 6.45) is 0.655. The van der Waals surface area contributed by atoms with Crippen molar-refractivity contribution < 1.29 is 31.8 Å². The number of halogens is 2. The second kappa shape index (κ2) is 9.37. The molecule has 182 valence electrons. The Morgan fingerprint density at radius 2 is 1.94 bits per heavy atom. The number of rotatable bonds is 7. The van der Waals surface area contributed by atoms with Crippen LogP contribution in [0.4, 0.5) is 13.6 Å². The van der Waals surface area contributed by atoms with Crippen LogP contribution in [0.1, 0.15) is 26.3 Å². The fraction of sp³-hybridized carbons (Fsp3) is 0.318. The molecule has 3 aromatic rings. The Bertz CT molecular complexity index is 1320. The first-order valence-corrected chi connectivity index (χ1v) is 11.6. The molecule has 2 N–H and O–H groups in total. The van der Waals surface area contributed by atoms with Gasteiger partial charge in [-0.2, -0.15) is 17.8 Å². The van der Waals surface area contributed by atoms with Gasteiger partial charge in [-0.3, -0.25) is 0 Å². The molecule has 0 saturated heterocycles. The molecule has 1 unspecified atom stereocenters. The number of hydrogen-bond donors (Lipinski definition) is 2. The van der Waals surface area contributed by atoms with Crippen molar-refractivity contribution in [2.24, 2.45) is 5.41 Å². The summed E-state index contributed by atoms with van der Waals surface area (Å²) in [6.45, 7) is 5.25. The highest BCUT2D eigenvalue weighted by Crippen LogP contribution is 2.34. The van der Waals surface area contributed by atoms with Gasteiger partial charge in [0.15, 0.2) is 10.8 Å². The lowest BCUT2D eigenvalue weighted by Crippen LogP contribution is -2.44. The molecule has 0 aliphatic carbocycles. The van der Waals surface area contributed by atoms with Crippen molar-refractivity contribution in [3.05, 3.63) is 60.1 Å². The number of pyridine rings is 2. The number of aromatic nitrogens is 3. The third kappa shape index (κ3) is 5.01. The molecule has 1 atom stereocenters. The molecule has 0 radical (unpaired) electrons. The molecule has 12 heteroatoms. The summed E-state index contributed by atoms with van der Waals surface area (Å²) < 4.78 is 62.8. The van der Waals surface area contributed by atoms with Crippen molar-refractivity contribution in [3.8, 4) is 17.1 Å². The van der Waals surface area contributed by atoms with E-state index < -0.39 is 50.1 Å². The first kappa shape index (κ1) is 25.1. The fourth-order valence-corrected chi connectivity index (χ4v) is 4.68. The topological polar surface area (TPSA) is 123 Å². The monoisotopic (exact) mass is 494 g/mol. The number of carbonyl (C=O) groups is 1. The van der Waals surface area contributed by atoms with Gasteiger partial charge in [-0.05, 0) is 30.0 Å². The molecular weight excluding hydrogens is 470 g/mol. The molecule has 0 bridgehead atoms. The molecule has 0 aromatic carbocycles. The maximum atomic E-state index is 15.7. The Hall–Kier alpha value is -3.54. The van der Waals surface area contributed by atoms with Gasteiger partial charge in [0.1, 0.15) is 5.69 Å². The highest BCUT2D eigenvalue weighted by molar-refractivity contribution is 7.90.